The van der Waals surface area contributed by atoms with Gasteiger partial charge in [-0.2, -0.15) is 0 Å². The van der Waals surface area contributed by atoms with Crippen LogP contribution in [0.1, 0.15) is 37.8 Å². The third-order valence-corrected chi connectivity index (χ3v) is 7.90. The molecule has 0 aromatic heterocycles. The van der Waals surface area contributed by atoms with Gasteiger partial charge in [-0.3, -0.25) is 9.59 Å². The van der Waals surface area contributed by atoms with Gasteiger partial charge in [0, 0.05) is 44.8 Å². The summed E-state index contributed by atoms with van der Waals surface area (Å²) in [6.45, 7) is 9.24. The van der Waals surface area contributed by atoms with Crippen LogP contribution < -0.4 is 24.4 Å². The van der Waals surface area contributed by atoms with Crippen molar-refractivity contribution in [1.29, 1.82) is 0 Å². The number of likely N-dealkylation sites (N-methyl/N-ethyl adjacent to an activating group) is 1. The van der Waals surface area contributed by atoms with Crippen LogP contribution in [0.25, 0.3) is 0 Å². The number of nitrogens with one attached hydrogen (secondary N) is 1. The maximum Gasteiger partial charge on any atom is 0.227 e. The number of rotatable bonds is 11. The second kappa shape index (κ2) is 13.7. The van der Waals surface area contributed by atoms with Crippen molar-refractivity contribution in [2.24, 2.45) is 5.92 Å². The normalized spacial score (nSPS) is 20.5. The van der Waals surface area contributed by atoms with Crippen molar-refractivity contribution in [2.45, 2.75) is 32.2 Å². The standard InChI is InChI=1S/C30H42N4O5/c1-5-32-17-19-33(20-18-32)16-6-15-31-30(36)25-12-14-28(35)34(23-8-10-24(37-2)11-9-23)29(25)22-7-13-26(38-3)27(21-22)39-4/h7-11,13,21,25,29H,5-6,12,14-20H2,1-4H3,(H,31,36)/t25-,29-/m0/s1. The van der Waals surface area contributed by atoms with Gasteiger partial charge in [0.15, 0.2) is 11.5 Å². The number of methoxy groups -OCH3 is 3. The van der Waals surface area contributed by atoms with E-state index in [9.17, 15) is 9.59 Å². The molecule has 2 atom stereocenters. The molecule has 2 saturated heterocycles. The number of amides is 2. The van der Waals surface area contributed by atoms with Crippen molar-refractivity contribution < 1.29 is 23.8 Å². The topological polar surface area (TPSA) is 83.6 Å². The summed E-state index contributed by atoms with van der Waals surface area (Å²) in [6, 6.07) is 12.5. The fraction of sp³-hybridized carbons (Fsp3) is 0.533. The van der Waals surface area contributed by atoms with E-state index in [1.165, 1.54) is 0 Å². The van der Waals surface area contributed by atoms with Gasteiger partial charge in [0.1, 0.15) is 5.75 Å². The maximum absolute atomic E-state index is 13.6. The van der Waals surface area contributed by atoms with Gasteiger partial charge in [0.25, 0.3) is 0 Å². The van der Waals surface area contributed by atoms with Gasteiger partial charge < -0.3 is 34.2 Å². The SMILES string of the molecule is CCN1CCN(CCCNC(=O)[C@H]2CCC(=O)N(c3ccc(OC)cc3)[C@H]2c2ccc(OC)c(OC)c2)CC1. The van der Waals surface area contributed by atoms with Gasteiger partial charge in [0.05, 0.1) is 33.3 Å². The average molecular weight is 539 g/mol. The molecular weight excluding hydrogens is 496 g/mol. The van der Waals surface area contributed by atoms with Gasteiger partial charge in [-0.15, -0.1) is 0 Å². The molecule has 39 heavy (non-hydrogen) atoms. The molecule has 2 aliphatic heterocycles. The lowest BCUT2D eigenvalue weighted by Crippen LogP contribution is -2.49. The molecule has 2 aromatic rings. The predicted molar refractivity (Wildman–Crippen MR) is 152 cm³/mol. The zero-order chi connectivity index (χ0) is 27.8. The molecular formula is C30H42N4O5. The molecule has 1 N–H and O–H groups in total. The van der Waals surface area contributed by atoms with Crippen LogP contribution in [-0.4, -0.2) is 88.8 Å². The molecule has 0 radical (unpaired) electrons. The van der Waals surface area contributed by atoms with Crippen molar-refractivity contribution in [3.05, 3.63) is 48.0 Å². The highest BCUT2D eigenvalue weighted by molar-refractivity contribution is 5.97. The van der Waals surface area contributed by atoms with E-state index in [2.05, 4.69) is 22.0 Å². The Kier molecular flexibility index (Phi) is 10.1. The van der Waals surface area contributed by atoms with E-state index in [0.29, 0.717) is 36.6 Å². The Hall–Kier alpha value is -3.30. The molecule has 0 aliphatic carbocycles. The Morgan fingerprint density at radius 1 is 0.923 bits per heavy atom. The Morgan fingerprint density at radius 3 is 2.26 bits per heavy atom. The lowest BCUT2D eigenvalue weighted by atomic mass is 9.83. The molecule has 9 nitrogen and oxygen atoms in total. The van der Waals surface area contributed by atoms with Crippen LogP contribution in [0.2, 0.25) is 0 Å². The molecule has 4 rings (SSSR count). The van der Waals surface area contributed by atoms with Crippen LogP contribution in [0, 0.1) is 5.92 Å². The zero-order valence-corrected chi connectivity index (χ0v) is 23.7. The second-order valence-electron chi connectivity index (χ2n) is 10.1. The van der Waals surface area contributed by atoms with E-state index < -0.39 is 12.0 Å². The lowest BCUT2D eigenvalue weighted by molar-refractivity contribution is -0.129. The first-order valence-corrected chi connectivity index (χ1v) is 13.9. The first-order chi connectivity index (χ1) is 19.0. The number of nitrogens with zero attached hydrogens (tertiary/aromatic N) is 3. The molecule has 2 heterocycles. The van der Waals surface area contributed by atoms with E-state index in [1.807, 2.05) is 42.5 Å². The van der Waals surface area contributed by atoms with Crippen LogP contribution in [0.4, 0.5) is 5.69 Å². The van der Waals surface area contributed by atoms with E-state index in [0.717, 1.165) is 56.9 Å². The Morgan fingerprint density at radius 2 is 1.62 bits per heavy atom. The second-order valence-corrected chi connectivity index (χ2v) is 10.1. The molecule has 0 spiro atoms. The summed E-state index contributed by atoms with van der Waals surface area (Å²) in [6.07, 6.45) is 1.68. The van der Waals surface area contributed by atoms with Crippen molar-refractivity contribution in [3.63, 3.8) is 0 Å². The van der Waals surface area contributed by atoms with Crippen LogP contribution >= 0.6 is 0 Å². The minimum absolute atomic E-state index is 0.0183. The summed E-state index contributed by atoms with van der Waals surface area (Å²) in [5.74, 6) is 1.41. The number of piperidine rings is 1. The van der Waals surface area contributed by atoms with Crippen molar-refractivity contribution in [3.8, 4) is 17.2 Å². The van der Waals surface area contributed by atoms with E-state index >= 15 is 0 Å². The molecule has 0 unspecified atom stereocenters. The summed E-state index contributed by atoms with van der Waals surface area (Å²) in [5.41, 5.74) is 1.55. The highest BCUT2D eigenvalue weighted by atomic mass is 16.5. The van der Waals surface area contributed by atoms with Gasteiger partial charge in [0.2, 0.25) is 11.8 Å². The predicted octanol–water partition coefficient (Wildman–Crippen LogP) is 3.34. The number of hydrogen-bond donors (Lipinski definition) is 1. The van der Waals surface area contributed by atoms with Crippen molar-refractivity contribution in [2.75, 3.05) is 72.0 Å². The Balaban J connectivity index is 1.52. The first-order valence-electron chi connectivity index (χ1n) is 13.9. The number of hydrogen-bond acceptors (Lipinski definition) is 7. The van der Waals surface area contributed by atoms with E-state index in [1.54, 1.807) is 26.2 Å². The highest BCUT2D eigenvalue weighted by Crippen LogP contribution is 2.42. The first kappa shape index (κ1) is 28.7. The smallest absolute Gasteiger partial charge is 0.227 e. The fourth-order valence-corrected chi connectivity index (χ4v) is 5.61. The summed E-state index contributed by atoms with van der Waals surface area (Å²) in [7, 11) is 4.78. The quantitative estimate of drug-likeness (QED) is 0.440. The third kappa shape index (κ3) is 6.83. The summed E-state index contributed by atoms with van der Waals surface area (Å²) < 4.78 is 16.3. The van der Waals surface area contributed by atoms with Crippen LogP contribution in [0.15, 0.2) is 42.5 Å². The molecule has 9 heteroatoms. The largest absolute Gasteiger partial charge is 0.497 e. The third-order valence-electron chi connectivity index (χ3n) is 7.90. The fourth-order valence-electron chi connectivity index (χ4n) is 5.61. The van der Waals surface area contributed by atoms with Crippen LogP contribution in [0.3, 0.4) is 0 Å². The Bertz CT molecular complexity index is 1100. The van der Waals surface area contributed by atoms with E-state index in [4.69, 9.17) is 14.2 Å². The van der Waals surface area contributed by atoms with Gasteiger partial charge in [-0.25, -0.2) is 0 Å². The zero-order valence-electron chi connectivity index (χ0n) is 23.7. The lowest BCUT2D eigenvalue weighted by Gasteiger charge is -2.41. The maximum atomic E-state index is 13.6. The van der Waals surface area contributed by atoms with Crippen LogP contribution in [0.5, 0.6) is 17.2 Å². The van der Waals surface area contributed by atoms with Crippen LogP contribution in [-0.2, 0) is 9.59 Å². The summed E-state index contributed by atoms with van der Waals surface area (Å²) in [4.78, 5) is 33.7. The molecule has 0 bridgehead atoms. The molecule has 0 saturated carbocycles. The monoisotopic (exact) mass is 538 g/mol. The summed E-state index contributed by atoms with van der Waals surface area (Å²) >= 11 is 0. The molecule has 2 aromatic carbocycles. The van der Waals surface area contributed by atoms with Gasteiger partial charge >= 0.3 is 0 Å². The molecule has 2 amide bonds. The minimum atomic E-state index is -0.485. The van der Waals surface area contributed by atoms with E-state index in [-0.39, 0.29) is 11.8 Å². The van der Waals surface area contributed by atoms with Crippen molar-refractivity contribution >= 4 is 17.5 Å². The number of ether oxygens (including phenoxy) is 3. The molecule has 2 aliphatic rings. The molecule has 2 fully saturated rings. The van der Waals surface area contributed by atoms with Gasteiger partial charge in [-0.05, 0) is 67.9 Å². The number of benzene rings is 2. The summed E-state index contributed by atoms with van der Waals surface area (Å²) in [5, 5.41) is 3.18. The number of carbonyl (C=O) groups is 2. The Labute approximate surface area is 232 Å². The number of anilines is 1. The average Bonchev–Trinajstić information content (AvgIpc) is 2.99. The highest BCUT2D eigenvalue weighted by Gasteiger charge is 2.41. The molecule has 212 valence electrons. The number of piperazine rings is 1. The van der Waals surface area contributed by atoms with Crippen molar-refractivity contribution in [1.82, 2.24) is 15.1 Å². The van der Waals surface area contributed by atoms with Gasteiger partial charge in [-0.1, -0.05) is 13.0 Å². The number of carbonyl (C=O) groups excluding carboxylic acids is 2. The minimum Gasteiger partial charge on any atom is -0.497 e.